The summed E-state index contributed by atoms with van der Waals surface area (Å²) in [6.07, 6.45) is 0. The Kier molecular flexibility index (Phi) is 4.83. The molecule has 2 aromatic heterocycles. The Labute approximate surface area is 188 Å². The summed E-state index contributed by atoms with van der Waals surface area (Å²) in [5.41, 5.74) is 8.77. The van der Waals surface area contributed by atoms with Crippen LogP contribution in [0.4, 0.5) is 10.2 Å². The highest BCUT2D eigenvalue weighted by Gasteiger charge is 2.30. The third-order valence-electron chi connectivity index (χ3n) is 5.23. The molecule has 0 bridgehead atoms. The van der Waals surface area contributed by atoms with Gasteiger partial charge in [-0.25, -0.2) is 22.8 Å². The monoisotopic (exact) mass is 466 g/mol. The lowest BCUT2D eigenvalue weighted by atomic mass is 10.2. The molecule has 0 atom stereocenters. The second kappa shape index (κ2) is 7.58. The van der Waals surface area contributed by atoms with E-state index in [1.807, 2.05) is 18.2 Å². The summed E-state index contributed by atoms with van der Waals surface area (Å²) in [7, 11) is -4.11. The van der Waals surface area contributed by atoms with Crippen LogP contribution in [0.15, 0.2) is 82.6 Å². The highest BCUT2D eigenvalue weighted by Crippen LogP contribution is 2.36. The van der Waals surface area contributed by atoms with Crippen LogP contribution < -0.4 is 5.73 Å². The number of hydrogen-bond donors (Lipinski definition) is 1. The van der Waals surface area contributed by atoms with Crippen molar-refractivity contribution in [3.05, 3.63) is 89.2 Å². The number of halogens is 2. The molecule has 32 heavy (non-hydrogen) atoms. The molecule has 0 aliphatic rings. The van der Waals surface area contributed by atoms with Gasteiger partial charge < -0.3 is 10.3 Å². The van der Waals surface area contributed by atoms with E-state index in [9.17, 15) is 12.8 Å². The highest BCUT2D eigenvalue weighted by molar-refractivity contribution is 7.92. The topological polar surface area (TPSA) is 90.9 Å². The first-order valence-corrected chi connectivity index (χ1v) is 11.5. The van der Waals surface area contributed by atoms with Crippen LogP contribution in [0, 0.1) is 5.82 Å². The van der Waals surface area contributed by atoms with Crippen LogP contribution >= 0.6 is 11.6 Å². The van der Waals surface area contributed by atoms with Crippen molar-refractivity contribution >= 4 is 49.5 Å². The van der Waals surface area contributed by atoms with Crippen LogP contribution in [0.3, 0.4) is 0 Å². The maximum atomic E-state index is 13.5. The Bertz CT molecular complexity index is 1600. The SMILES string of the molecule is Nc1c(S(=O)(=O)c2ccc(F)cc2)c2nc3ccccc3nc2n1Cc1ccccc1Cl. The summed E-state index contributed by atoms with van der Waals surface area (Å²) in [4.78, 5) is 8.99. The molecule has 0 fully saturated rings. The molecule has 6 nitrogen and oxygen atoms in total. The van der Waals surface area contributed by atoms with Crippen LogP contribution in [0.1, 0.15) is 5.56 Å². The first-order chi connectivity index (χ1) is 15.4. The molecule has 3 aromatic carbocycles. The lowest BCUT2D eigenvalue weighted by Gasteiger charge is -2.10. The standard InChI is InChI=1S/C23H16ClFN4O2S/c24-17-6-2-1-5-14(17)13-29-22(26)21(32(30,31)16-11-9-15(25)10-12-16)20-23(29)28-19-8-4-3-7-18(19)27-20/h1-12H,13,26H2. The Morgan fingerprint density at radius 3 is 2.22 bits per heavy atom. The minimum absolute atomic E-state index is 0.0143. The van der Waals surface area contributed by atoms with Crippen molar-refractivity contribution in [2.45, 2.75) is 16.3 Å². The first kappa shape index (κ1) is 20.4. The van der Waals surface area contributed by atoms with Crippen LogP contribution in [-0.4, -0.2) is 23.0 Å². The lowest BCUT2D eigenvalue weighted by Crippen LogP contribution is -2.09. The second-order valence-corrected chi connectivity index (χ2v) is 9.53. The number of hydrogen-bond acceptors (Lipinski definition) is 5. The van der Waals surface area contributed by atoms with E-state index in [4.69, 9.17) is 17.3 Å². The molecule has 5 rings (SSSR count). The molecular formula is C23H16ClFN4O2S. The predicted molar refractivity (Wildman–Crippen MR) is 122 cm³/mol. The van der Waals surface area contributed by atoms with Gasteiger partial charge in [0.2, 0.25) is 9.84 Å². The lowest BCUT2D eigenvalue weighted by molar-refractivity contribution is 0.595. The van der Waals surface area contributed by atoms with Crippen molar-refractivity contribution < 1.29 is 12.8 Å². The van der Waals surface area contributed by atoms with Gasteiger partial charge in [-0.15, -0.1) is 0 Å². The zero-order valence-electron chi connectivity index (χ0n) is 16.5. The Morgan fingerprint density at radius 1 is 0.906 bits per heavy atom. The number of fused-ring (bicyclic) bond motifs is 2. The second-order valence-electron chi connectivity index (χ2n) is 7.23. The van der Waals surface area contributed by atoms with Crippen LogP contribution in [0.5, 0.6) is 0 Å². The molecule has 0 amide bonds. The number of benzene rings is 3. The van der Waals surface area contributed by atoms with Crippen LogP contribution in [0.2, 0.25) is 5.02 Å². The number of sulfone groups is 1. The van der Waals surface area contributed by atoms with Gasteiger partial charge in [0, 0.05) is 5.02 Å². The Hall–Kier alpha value is -3.49. The van der Waals surface area contributed by atoms with E-state index < -0.39 is 15.7 Å². The maximum absolute atomic E-state index is 13.5. The van der Waals surface area contributed by atoms with Crippen molar-refractivity contribution in [3.63, 3.8) is 0 Å². The number of aromatic nitrogens is 3. The molecule has 2 N–H and O–H groups in total. The average Bonchev–Trinajstić information content (AvgIpc) is 3.05. The van der Waals surface area contributed by atoms with E-state index in [2.05, 4.69) is 9.97 Å². The maximum Gasteiger partial charge on any atom is 0.212 e. The number of para-hydroxylation sites is 2. The molecule has 0 aliphatic heterocycles. The van der Waals surface area contributed by atoms with E-state index in [-0.39, 0.29) is 27.7 Å². The van der Waals surface area contributed by atoms with Gasteiger partial charge in [0.15, 0.2) is 5.65 Å². The molecule has 160 valence electrons. The highest BCUT2D eigenvalue weighted by atomic mass is 35.5. The van der Waals surface area contributed by atoms with Crippen molar-refractivity contribution in [3.8, 4) is 0 Å². The minimum Gasteiger partial charge on any atom is -0.384 e. The van der Waals surface area contributed by atoms with Gasteiger partial charge in [-0.05, 0) is 48.0 Å². The van der Waals surface area contributed by atoms with Gasteiger partial charge in [0.25, 0.3) is 0 Å². The van der Waals surface area contributed by atoms with Crippen molar-refractivity contribution in [1.82, 2.24) is 14.5 Å². The molecule has 0 unspecified atom stereocenters. The van der Waals surface area contributed by atoms with E-state index >= 15 is 0 Å². The normalized spacial score (nSPS) is 11.9. The number of nitrogen functional groups attached to an aromatic ring is 1. The van der Waals surface area contributed by atoms with Crippen molar-refractivity contribution in [1.29, 1.82) is 0 Å². The molecule has 9 heteroatoms. The fraction of sp³-hybridized carbons (Fsp3) is 0.0435. The Balaban J connectivity index is 1.83. The Morgan fingerprint density at radius 2 is 1.53 bits per heavy atom. The van der Waals surface area contributed by atoms with Gasteiger partial charge in [0.1, 0.15) is 22.0 Å². The molecule has 2 heterocycles. The fourth-order valence-electron chi connectivity index (χ4n) is 3.64. The van der Waals surface area contributed by atoms with E-state index in [1.165, 1.54) is 12.1 Å². The average molecular weight is 467 g/mol. The summed E-state index contributed by atoms with van der Waals surface area (Å²) in [6.45, 7) is 0.202. The summed E-state index contributed by atoms with van der Waals surface area (Å²) >= 11 is 6.34. The summed E-state index contributed by atoms with van der Waals surface area (Å²) in [5, 5.41) is 0.519. The third kappa shape index (κ3) is 3.28. The third-order valence-corrected chi connectivity index (χ3v) is 7.43. The number of nitrogens with zero attached hydrogens (tertiary/aromatic N) is 3. The number of rotatable bonds is 4. The number of anilines is 1. The first-order valence-electron chi connectivity index (χ1n) is 9.65. The fourth-order valence-corrected chi connectivity index (χ4v) is 5.35. The molecule has 0 saturated heterocycles. The molecule has 0 spiro atoms. The summed E-state index contributed by atoms with van der Waals surface area (Å²) in [5.74, 6) is -0.552. The van der Waals surface area contributed by atoms with Gasteiger partial charge in [-0.3, -0.25) is 0 Å². The largest absolute Gasteiger partial charge is 0.384 e. The zero-order valence-corrected chi connectivity index (χ0v) is 18.1. The molecule has 0 saturated carbocycles. The van der Waals surface area contributed by atoms with E-state index in [1.54, 1.807) is 34.9 Å². The smallest absolute Gasteiger partial charge is 0.212 e. The zero-order chi connectivity index (χ0) is 22.5. The molecular weight excluding hydrogens is 451 g/mol. The van der Waals surface area contributed by atoms with Crippen molar-refractivity contribution in [2.75, 3.05) is 5.73 Å². The van der Waals surface area contributed by atoms with E-state index in [0.717, 1.165) is 17.7 Å². The van der Waals surface area contributed by atoms with Gasteiger partial charge in [0.05, 0.1) is 22.5 Å². The predicted octanol–water partition coefficient (Wildman–Crippen LogP) is 4.84. The molecule has 0 radical (unpaired) electrons. The molecule has 5 aromatic rings. The van der Waals surface area contributed by atoms with Gasteiger partial charge >= 0.3 is 0 Å². The summed E-state index contributed by atoms with van der Waals surface area (Å²) in [6, 6.07) is 19.0. The molecule has 0 aliphatic carbocycles. The quantitative estimate of drug-likeness (QED) is 0.383. The van der Waals surface area contributed by atoms with Crippen LogP contribution in [0.25, 0.3) is 22.2 Å². The minimum atomic E-state index is -4.11. The summed E-state index contributed by atoms with van der Waals surface area (Å²) < 4.78 is 42.1. The van der Waals surface area contributed by atoms with Gasteiger partial charge in [-0.1, -0.05) is 41.9 Å². The number of nitrogens with two attached hydrogens (primary N) is 1. The van der Waals surface area contributed by atoms with E-state index in [0.29, 0.717) is 21.7 Å². The van der Waals surface area contributed by atoms with Crippen LogP contribution in [-0.2, 0) is 16.4 Å². The van der Waals surface area contributed by atoms with Gasteiger partial charge in [-0.2, -0.15) is 0 Å². The van der Waals surface area contributed by atoms with Crippen molar-refractivity contribution in [2.24, 2.45) is 0 Å².